The molecule has 0 rings (SSSR count). The van der Waals surface area contributed by atoms with Gasteiger partial charge < -0.3 is 13.8 Å². The molecule has 0 aromatic carbocycles. The molecule has 0 aliphatic rings. The summed E-state index contributed by atoms with van der Waals surface area (Å²) in [6.45, 7) is 1.34. The Morgan fingerprint density at radius 2 is 2.00 bits per heavy atom. The molecule has 0 aliphatic heterocycles. The van der Waals surface area contributed by atoms with E-state index in [0.717, 1.165) is 0 Å². The third kappa shape index (κ3) is 5.11. The zero-order valence-corrected chi connectivity index (χ0v) is 9.63. The van der Waals surface area contributed by atoms with Gasteiger partial charge in [-0.05, 0) is 23.2 Å². The molecule has 0 heterocycles. The Morgan fingerprint density at radius 1 is 1.50 bits per heavy atom. The summed E-state index contributed by atoms with van der Waals surface area (Å²) in [5, 5.41) is 0. The van der Waals surface area contributed by atoms with Crippen molar-refractivity contribution in [3.05, 3.63) is 0 Å². The van der Waals surface area contributed by atoms with Gasteiger partial charge in [0.2, 0.25) is 5.69 Å². The number of carbonyl (C=O) groups excluding carboxylic acids is 1. The molecule has 0 aromatic rings. The molecule has 0 unspecified atom stereocenters. The summed E-state index contributed by atoms with van der Waals surface area (Å²) in [7, 11) is 2.95. The van der Waals surface area contributed by atoms with E-state index in [4.69, 9.17) is 20.9 Å². The van der Waals surface area contributed by atoms with Gasteiger partial charge >= 0.3 is 5.97 Å². The van der Waals surface area contributed by atoms with E-state index in [2.05, 4.69) is 4.74 Å². The number of hydrogen-bond acceptors (Lipinski definition) is 6. The average Bonchev–Trinajstić information content (AvgIpc) is 2.03. The highest BCUT2D eigenvalue weighted by Crippen LogP contribution is 2.59. The van der Waals surface area contributed by atoms with Crippen molar-refractivity contribution in [2.75, 3.05) is 20.2 Å². The van der Waals surface area contributed by atoms with Crippen LogP contribution < -0.4 is 0 Å². The fourth-order valence-electron chi connectivity index (χ4n) is 0.354. The molecule has 72 valence electrons. The van der Waals surface area contributed by atoms with Gasteiger partial charge in [-0.3, -0.25) is 4.79 Å². The summed E-state index contributed by atoms with van der Waals surface area (Å²) in [6.07, 6.45) is 0. The van der Waals surface area contributed by atoms with Crippen molar-refractivity contribution >= 4 is 34.9 Å². The molecule has 0 saturated heterocycles. The van der Waals surface area contributed by atoms with Gasteiger partial charge in [-0.25, -0.2) is 0 Å². The van der Waals surface area contributed by atoms with Crippen LogP contribution in [0.25, 0.3) is 0 Å². The van der Waals surface area contributed by atoms with Crippen molar-refractivity contribution in [3.63, 3.8) is 0 Å². The van der Waals surface area contributed by atoms with E-state index in [-0.39, 0.29) is 11.9 Å². The highest BCUT2D eigenvalue weighted by atomic mass is 32.9. The van der Waals surface area contributed by atoms with Crippen LogP contribution in [0.2, 0.25) is 0 Å². The van der Waals surface area contributed by atoms with Crippen LogP contribution in [0.1, 0.15) is 6.92 Å². The lowest BCUT2D eigenvalue weighted by molar-refractivity contribution is -0.138. The van der Waals surface area contributed by atoms with Crippen LogP contribution in [-0.2, 0) is 30.4 Å². The zero-order valence-electron chi connectivity index (χ0n) is 7.10. The Morgan fingerprint density at radius 3 is 2.33 bits per heavy atom. The molecule has 0 radical (unpaired) electrons. The maximum atomic E-state index is 10.4. The molecule has 0 N–H and O–H groups in total. The van der Waals surface area contributed by atoms with Crippen molar-refractivity contribution in [1.29, 1.82) is 0 Å². The smallest absolute Gasteiger partial charge is 0.303 e. The standard InChI is InChI=1S/C5H11O4PS2/c1-5(6)9-4-12-10(11,7-2)8-3/h4H2,1-3H3. The quantitative estimate of drug-likeness (QED) is 0.407. The Balaban J connectivity index is 3.74. The lowest BCUT2D eigenvalue weighted by Gasteiger charge is -2.15. The number of carbonyl (C=O) groups is 1. The highest BCUT2D eigenvalue weighted by Gasteiger charge is 2.16. The number of esters is 1. The number of ether oxygens (including phenoxy) is 1. The van der Waals surface area contributed by atoms with Crippen molar-refractivity contribution in [2.45, 2.75) is 6.92 Å². The normalized spacial score (nSPS) is 11.2. The van der Waals surface area contributed by atoms with E-state index < -0.39 is 5.69 Å². The fourth-order valence-corrected chi connectivity index (χ4v) is 2.63. The Hall–Kier alpha value is 0.390. The Kier molecular flexibility index (Phi) is 6.13. The SMILES string of the molecule is COP(=S)(OC)SCOC(C)=O. The van der Waals surface area contributed by atoms with Crippen molar-refractivity contribution in [2.24, 2.45) is 0 Å². The van der Waals surface area contributed by atoms with Crippen molar-refractivity contribution < 1.29 is 18.6 Å². The molecule has 0 aromatic heterocycles. The van der Waals surface area contributed by atoms with Crippen LogP contribution in [0.4, 0.5) is 0 Å². The van der Waals surface area contributed by atoms with Gasteiger partial charge in [0.25, 0.3) is 0 Å². The van der Waals surface area contributed by atoms with E-state index in [0.29, 0.717) is 0 Å². The summed E-state index contributed by atoms with van der Waals surface area (Å²) >= 11 is 6.19. The zero-order chi connectivity index (χ0) is 9.61. The lowest BCUT2D eigenvalue weighted by Crippen LogP contribution is -1.97. The maximum Gasteiger partial charge on any atom is 0.303 e. The third-order valence-corrected chi connectivity index (χ3v) is 6.36. The second kappa shape index (κ2) is 5.94. The molecule has 0 aliphatic carbocycles. The van der Waals surface area contributed by atoms with Gasteiger partial charge in [0, 0.05) is 21.1 Å². The molecule has 7 heteroatoms. The van der Waals surface area contributed by atoms with Gasteiger partial charge in [-0.15, -0.1) is 0 Å². The monoisotopic (exact) mass is 230 g/mol. The van der Waals surface area contributed by atoms with Crippen LogP contribution in [0, 0.1) is 0 Å². The Labute approximate surface area is 80.9 Å². The molecule has 12 heavy (non-hydrogen) atoms. The molecule has 4 nitrogen and oxygen atoms in total. The first-order valence-corrected chi connectivity index (χ1v) is 7.26. The first kappa shape index (κ1) is 12.4. The van der Waals surface area contributed by atoms with Crippen LogP contribution in [0.5, 0.6) is 0 Å². The van der Waals surface area contributed by atoms with Crippen LogP contribution in [-0.4, -0.2) is 26.1 Å². The molecular formula is C5H11O4PS2. The van der Waals surface area contributed by atoms with Gasteiger partial charge in [-0.2, -0.15) is 0 Å². The summed E-state index contributed by atoms with van der Waals surface area (Å²) in [4.78, 5) is 10.4. The predicted molar refractivity (Wildman–Crippen MR) is 52.5 cm³/mol. The average molecular weight is 230 g/mol. The minimum atomic E-state index is -2.26. The van der Waals surface area contributed by atoms with E-state index in [1.807, 2.05) is 0 Å². The topological polar surface area (TPSA) is 44.8 Å². The second-order valence-corrected chi connectivity index (χ2v) is 8.17. The fraction of sp³-hybridized carbons (Fsp3) is 0.800. The molecular weight excluding hydrogens is 219 g/mol. The number of hydrogen-bond donors (Lipinski definition) is 0. The first-order chi connectivity index (χ1) is 5.54. The van der Waals surface area contributed by atoms with Gasteiger partial charge in [0.15, 0.2) is 0 Å². The van der Waals surface area contributed by atoms with Gasteiger partial charge in [0.1, 0.15) is 5.94 Å². The van der Waals surface area contributed by atoms with Crippen molar-refractivity contribution in [1.82, 2.24) is 0 Å². The molecule has 0 spiro atoms. The lowest BCUT2D eigenvalue weighted by atomic mass is 10.8. The molecule has 0 saturated carbocycles. The molecule has 0 amide bonds. The van der Waals surface area contributed by atoms with Gasteiger partial charge in [0.05, 0.1) is 0 Å². The van der Waals surface area contributed by atoms with Crippen LogP contribution in [0.15, 0.2) is 0 Å². The second-order valence-electron chi connectivity index (χ2n) is 1.70. The van der Waals surface area contributed by atoms with E-state index >= 15 is 0 Å². The molecule has 0 bridgehead atoms. The maximum absolute atomic E-state index is 10.4. The largest absolute Gasteiger partial charge is 0.454 e. The van der Waals surface area contributed by atoms with E-state index in [1.165, 1.54) is 32.5 Å². The highest BCUT2D eigenvalue weighted by molar-refractivity contribution is 8.67. The number of rotatable bonds is 5. The predicted octanol–water partition coefficient (Wildman–Crippen LogP) is 1.76. The van der Waals surface area contributed by atoms with Crippen LogP contribution in [0.3, 0.4) is 0 Å². The molecule has 0 fully saturated rings. The minimum absolute atomic E-state index is 0.175. The van der Waals surface area contributed by atoms with E-state index in [9.17, 15) is 4.79 Å². The van der Waals surface area contributed by atoms with Crippen molar-refractivity contribution in [3.8, 4) is 0 Å². The molecule has 0 atom stereocenters. The Bertz CT molecular complexity index is 188. The third-order valence-electron chi connectivity index (χ3n) is 0.920. The summed E-state index contributed by atoms with van der Waals surface area (Å²) < 4.78 is 14.6. The first-order valence-electron chi connectivity index (χ1n) is 3.03. The summed E-state index contributed by atoms with van der Waals surface area (Å²) in [6, 6.07) is 0. The van der Waals surface area contributed by atoms with E-state index in [1.54, 1.807) is 0 Å². The van der Waals surface area contributed by atoms with Crippen LogP contribution >= 0.6 is 17.1 Å². The summed E-state index contributed by atoms with van der Waals surface area (Å²) in [5.74, 6) is -0.162. The van der Waals surface area contributed by atoms with Gasteiger partial charge in [-0.1, -0.05) is 0 Å². The minimum Gasteiger partial charge on any atom is -0.454 e. The summed E-state index contributed by atoms with van der Waals surface area (Å²) in [5.41, 5.74) is -2.26.